The summed E-state index contributed by atoms with van der Waals surface area (Å²) in [5.41, 5.74) is 0. The highest BCUT2D eigenvalue weighted by Crippen LogP contribution is 2.21. The number of hydrogen-bond acceptors (Lipinski definition) is 4. The molecule has 4 nitrogen and oxygen atoms in total. The standard InChI is InChI=1S/C13H19NO3S/c1-10-8-12(6-7-14-10)17-11-4-3-5-13(9-11)18(2,15)16/h3-5,9-10,12,14H,6-8H2,1-2H3. The first-order chi connectivity index (χ1) is 8.45. The van der Waals surface area contributed by atoms with Crippen LogP contribution in [0.3, 0.4) is 0 Å². The molecule has 1 fully saturated rings. The van der Waals surface area contributed by atoms with E-state index in [0.29, 0.717) is 16.7 Å². The Morgan fingerprint density at radius 1 is 1.39 bits per heavy atom. The van der Waals surface area contributed by atoms with Gasteiger partial charge in [-0.15, -0.1) is 0 Å². The van der Waals surface area contributed by atoms with E-state index < -0.39 is 9.84 Å². The SMILES string of the molecule is CC1CC(Oc2cccc(S(C)(=O)=O)c2)CCN1. The van der Waals surface area contributed by atoms with E-state index in [0.717, 1.165) is 19.4 Å². The second-order valence-corrected chi connectivity index (χ2v) is 6.88. The number of hydrogen-bond donors (Lipinski definition) is 1. The van der Waals surface area contributed by atoms with E-state index in [1.165, 1.54) is 6.26 Å². The number of piperidine rings is 1. The van der Waals surface area contributed by atoms with Crippen molar-refractivity contribution in [1.29, 1.82) is 0 Å². The number of rotatable bonds is 3. The zero-order valence-electron chi connectivity index (χ0n) is 10.7. The van der Waals surface area contributed by atoms with Crippen molar-refractivity contribution in [3.8, 4) is 5.75 Å². The fourth-order valence-electron chi connectivity index (χ4n) is 2.16. The maximum absolute atomic E-state index is 11.5. The van der Waals surface area contributed by atoms with E-state index in [1.807, 2.05) is 0 Å². The van der Waals surface area contributed by atoms with E-state index in [-0.39, 0.29) is 6.10 Å². The Hall–Kier alpha value is -1.07. The van der Waals surface area contributed by atoms with E-state index in [1.54, 1.807) is 24.3 Å². The van der Waals surface area contributed by atoms with Crippen molar-refractivity contribution < 1.29 is 13.2 Å². The third-order valence-corrected chi connectivity index (χ3v) is 4.22. The summed E-state index contributed by atoms with van der Waals surface area (Å²) in [5.74, 6) is 0.636. The molecule has 1 aromatic rings. The fourth-order valence-corrected chi connectivity index (χ4v) is 2.82. The van der Waals surface area contributed by atoms with Crippen molar-refractivity contribution in [3.63, 3.8) is 0 Å². The molecule has 1 aliphatic heterocycles. The summed E-state index contributed by atoms with van der Waals surface area (Å²) in [4.78, 5) is 0.307. The lowest BCUT2D eigenvalue weighted by Gasteiger charge is -2.28. The van der Waals surface area contributed by atoms with Gasteiger partial charge in [-0.05, 0) is 44.5 Å². The molecule has 100 valence electrons. The second-order valence-electron chi connectivity index (χ2n) is 4.87. The molecule has 2 unspecified atom stereocenters. The lowest BCUT2D eigenvalue weighted by Crippen LogP contribution is -2.40. The van der Waals surface area contributed by atoms with Gasteiger partial charge in [0.1, 0.15) is 11.9 Å². The molecule has 0 bridgehead atoms. The van der Waals surface area contributed by atoms with Crippen LogP contribution in [0.1, 0.15) is 19.8 Å². The summed E-state index contributed by atoms with van der Waals surface area (Å²) in [6.07, 6.45) is 3.27. The molecule has 1 aromatic carbocycles. The average molecular weight is 269 g/mol. The molecular formula is C13H19NO3S. The summed E-state index contributed by atoms with van der Waals surface area (Å²) >= 11 is 0. The minimum Gasteiger partial charge on any atom is -0.490 e. The molecule has 18 heavy (non-hydrogen) atoms. The first-order valence-corrected chi connectivity index (χ1v) is 8.04. The quantitative estimate of drug-likeness (QED) is 0.905. The van der Waals surface area contributed by atoms with Crippen LogP contribution in [-0.2, 0) is 9.84 Å². The molecule has 2 rings (SSSR count). The Kier molecular flexibility index (Phi) is 3.92. The van der Waals surface area contributed by atoms with Gasteiger partial charge in [-0.1, -0.05) is 6.07 Å². The van der Waals surface area contributed by atoms with Crippen molar-refractivity contribution in [2.24, 2.45) is 0 Å². The Labute approximate surface area is 108 Å². The Morgan fingerprint density at radius 2 is 2.17 bits per heavy atom. The summed E-state index contributed by atoms with van der Waals surface area (Å²) < 4.78 is 28.8. The molecule has 1 heterocycles. The topological polar surface area (TPSA) is 55.4 Å². The van der Waals surface area contributed by atoms with E-state index >= 15 is 0 Å². The van der Waals surface area contributed by atoms with Gasteiger partial charge in [-0.25, -0.2) is 8.42 Å². The minimum absolute atomic E-state index is 0.163. The Bertz CT molecular complexity index is 513. The molecule has 5 heteroatoms. The first kappa shape index (κ1) is 13.4. The van der Waals surface area contributed by atoms with Crippen LogP contribution >= 0.6 is 0 Å². The third-order valence-electron chi connectivity index (χ3n) is 3.11. The maximum Gasteiger partial charge on any atom is 0.175 e. The lowest BCUT2D eigenvalue weighted by molar-refractivity contribution is 0.143. The van der Waals surface area contributed by atoms with Crippen molar-refractivity contribution in [2.75, 3.05) is 12.8 Å². The Balaban J connectivity index is 2.10. The van der Waals surface area contributed by atoms with Crippen molar-refractivity contribution >= 4 is 9.84 Å². The summed E-state index contributed by atoms with van der Waals surface area (Å²) in [5, 5.41) is 3.36. The van der Waals surface area contributed by atoms with E-state index in [2.05, 4.69) is 12.2 Å². The molecule has 0 spiro atoms. The van der Waals surface area contributed by atoms with E-state index in [4.69, 9.17) is 4.74 Å². The van der Waals surface area contributed by atoms with E-state index in [9.17, 15) is 8.42 Å². The fraction of sp³-hybridized carbons (Fsp3) is 0.538. The summed E-state index contributed by atoms with van der Waals surface area (Å²) in [6, 6.07) is 7.16. The third kappa shape index (κ3) is 3.46. The molecule has 1 saturated heterocycles. The number of benzene rings is 1. The van der Waals surface area contributed by atoms with Crippen LogP contribution in [0.15, 0.2) is 29.2 Å². The molecule has 1 N–H and O–H groups in total. The average Bonchev–Trinajstić information content (AvgIpc) is 2.28. The van der Waals surface area contributed by atoms with Crippen molar-refractivity contribution in [3.05, 3.63) is 24.3 Å². The van der Waals surface area contributed by atoms with Gasteiger partial charge in [-0.2, -0.15) is 0 Å². The zero-order chi connectivity index (χ0) is 13.2. The molecular weight excluding hydrogens is 250 g/mol. The van der Waals surface area contributed by atoms with Crippen LogP contribution in [0, 0.1) is 0 Å². The van der Waals surface area contributed by atoms with Crippen molar-refractivity contribution in [1.82, 2.24) is 5.32 Å². The van der Waals surface area contributed by atoms with Gasteiger partial charge in [0.15, 0.2) is 9.84 Å². The maximum atomic E-state index is 11.5. The predicted molar refractivity (Wildman–Crippen MR) is 70.7 cm³/mol. The number of sulfone groups is 1. The van der Waals surface area contributed by atoms with Crippen LogP contribution in [-0.4, -0.2) is 33.4 Å². The molecule has 0 aromatic heterocycles. The number of ether oxygens (including phenoxy) is 1. The van der Waals surface area contributed by atoms with Gasteiger partial charge in [0, 0.05) is 12.3 Å². The monoisotopic (exact) mass is 269 g/mol. The van der Waals surface area contributed by atoms with Crippen LogP contribution in [0.5, 0.6) is 5.75 Å². The highest BCUT2D eigenvalue weighted by Gasteiger charge is 2.20. The summed E-state index contributed by atoms with van der Waals surface area (Å²) in [6.45, 7) is 3.07. The van der Waals surface area contributed by atoms with Gasteiger partial charge >= 0.3 is 0 Å². The molecule has 0 radical (unpaired) electrons. The largest absolute Gasteiger partial charge is 0.490 e. The molecule has 1 aliphatic rings. The molecule has 0 saturated carbocycles. The normalized spacial score (nSPS) is 24.8. The van der Waals surface area contributed by atoms with Crippen LogP contribution < -0.4 is 10.1 Å². The minimum atomic E-state index is -3.17. The highest BCUT2D eigenvalue weighted by atomic mass is 32.2. The summed E-state index contributed by atoms with van der Waals surface area (Å²) in [7, 11) is -3.17. The molecule has 0 amide bonds. The van der Waals surface area contributed by atoms with Gasteiger partial charge in [0.2, 0.25) is 0 Å². The van der Waals surface area contributed by atoms with Crippen LogP contribution in [0.2, 0.25) is 0 Å². The Morgan fingerprint density at radius 3 is 2.83 bits per heavy atom. The highest BCUT2D eigenvalue weighted by molar-refractivity contribution is 7.90. The van der Waals surface area contributed by atoms with Gasteiger partial charge in [-0.3, -0.25) is 0 Å². The van der Waals surface area contributed by atoms with Crippen LogP contribution in [0.25, 0.3) is 0 Å². The zero-order valence-corrected chi connectivity index (χ0v) is 11.5. The van der Waals surface area contributed by atoms with Gasteiger partial charge in [0.25, 0.3) is 0 Å². The predicted octanol–water partition coefficient (Wildman–Crippen LogP) is 1.61. The molecule has 0 aliphatic carbocycles. The van der Waals surface area contributed by atoms with Gasteiger partial charge < -0.3 is 10.1 Å². The van der Waals surface area contributed by atoms with Gasteiger partial charge in [0.05, 0.1) is 4.90 Å². The lowest BCUT2D eigenvalue weighted by atomic mass is 10.0. The first-order valence-electron chi connectivity index (χ1n) is 6.15. The van der Waals surface area contributed by atoms with Crippen molar-refractivity contribution in [2.45, 2.75) is 36.8 Å². The second kappa shape index (κ2) is 5.28. The smallest absolute Gasteiger partial charge is 0.175 e. The number of nitrogens with one attached hydrogen (secondary N) is 1. The molecule has 2 atom stereocenters. The van der Waals surface area contributed by atoms with Crippen LogP contribution in [0.4, 0.5) is 0 Å².